The molecule has 3 atom stereocenters. The predicted molar refractivity (Wildman–Crippen MR) is 93.5 cm³/mol. The predicted octanol–water partition coefficient (Wildman–Crippen LogP) is 4.17. The third-order valence-electron chi connectivity index (χ3n) is 7.14. The van der Waals surface area contributed by atoms with Gasteiger partial charge >= 0.3 is 0 Å². The van der Waals surface area contributed by atoms with Crippen LogP contribution in [-0.2, 0) is 18.3 Å². The number of nitrogens with zero attached hydrogens (tertiary/aromatic N) is 2. The Morgan fingerprint density at radius 3 is 2.68 bits per heavy atom. The van der Waals surface area contributed by atoms with Gasteiger partial charge in [-0.15, -0.1) is 6.42 Å². The summed E-state index contributed by atoms with van der Waals surface area (Å²) < 4.78 is 11.2. The maximum atomic E-state index is 6.12. The standard InChI is InChI=1S/C21H22N2O2/c1-5-21-7-6-16-19(2,3)18-14(12-23-25-18)9-20(16,4)17(21)8-15-13(10-21)11-22-24-15/h1,8,11-12,16H,6-7,9-10H2,2-4H3/t16?,20-,21-/m0/s1. The number of fused-ring (bicyclic) bond motifs is 5. The summed E-state index contributed by atoms with van der Waals surface area (Å²) >= 11 is 0. The molecule has 128 valence electrons. The van der Waals surface area contributed by atoms with Crippen LogP contribution in [0.3, 0.4) is 0 Å². The van der Waals surface area contributed by atoms with Gasteiger partial charge in [0.2, 0.25) is 0 Å². The maximum absolute atomic E-state index is 6.12. The number of rotatable bonds is 0. The van der Waals surface area contributed by atoms with E-state index in [-0.39, 0.29) is 16.2 Å². The smallest absolute Gasteiger partial charge is 0.162 e. The molecule has 0 amide bonds. The summed E-state index contributed by atoms with van der Waals surface area (Å²) in [5, 5.41) is 8.09. The van der Waals surface area contributed by atoms with Crippen LogP contribution in [0.25, 0.3) is 6.08 Å². The van der Waals surface area contributed by atoms with Crippen molar-refractivity contribution in [1.82, 2.24) is 10.3 Å². The molecule has 2 aromatic rings. The second-order valence-electron chi connectivity index (χ2n) is 8.76. The van der Waals surface area contributed by atoms with E-state index in [1.165, 1.54) is 11.1 Å². The average Bonchev–Trinajstić information content (AvgIpc) is 3.21. The molecule has 4 nitrogen and oxygen atoms in total. The first-order valence-corrected chi connectivity index (χ1v) is 8.99. The van der Waals surface area contributed by atoms with Crippen molar-refractivity contribution in [2.24, 2.45) is 16.7 Å². The molecule has 0 N–H and O–H groups in total. The SMILES string of the molecule is C#C[C@@]12CCC3C(C)(C)c4oncc4C[C@]3(C)C1=Cc1oncc1C2. The minimum absolute atomic E-state index is 0.0306. The first-order valence-electron chi connectivity index (χ1n) is 8.99. The molecule has 1 saturated carbocycles. The van der Waals surface area contributed by atoms with Gasteiger partial charge in [0.1, 0.15) is 5.76 Å². The molecule has 0 bridgehead atoms. The lowest BCUT2D eigenvalue weighted by molar-refractivity contribution is 0.0401. The summed E-state index contributed by atoms with van der Waals surface area (Å²) in [5.74, 6) is 5.55. The lowest BCUT2D eigenvalue weighted by Crippen LogP contribution is -2.54. The number of hydrogen-bond acceptors (Lipinski definition) is 4. The largest absolute Gasteiger partial charge is 0.361 e. The molecule has 0 aromatic carbocycles. The zero-order valence-electron chi connectivity index (χ0n) is 14.9. The van der Waals surface area contributed by atoms with Crippen molar-refractivity contribution >= 4 is 6.08 Å². The van der Waals surface area contributed by atoms with Crippen molar-refractivity contribution in [2.75, 3.05) is 0 Å². The van der Waals surface area contributed by atoms with Gasteiger partial charge in [0.25, 0.3) is 0 Å². The van der Waals surface area contributed by atoms with E-state index in [2.05, 4.69) is 43.1 Å². The highest BCUT2D eigenvalue weighted by Crippen LogP contribution is 2.65. The molecule has 3 aliphatic carbocycles. The van der Waals surface area contributed by atoms with Crippen molar-refractivity contribution in [3.63, 3.8) is 0 Å². The van der Waals surface area contributed by atoms with E-state index in [1.54, 1.807) is 0 Å². The molecule has 2 aromatic heterocycles. The van der Waals surface area contributed by atoms with E-state index in [1.807, 2.05) is 12.4 Å². The highest BCUT2D eigenvalue weighted by molar-refractivity contribution is 5.62. The van der Waals surface area contributed by atoms with Crippen LogP contribution in [0.4, 0.5) is 0 Å². The van der Waals surface area contributed by atoms with Crippen LogP contribution < -0.4 is 0 Å². The summed E-state index contributed by atoms with van der Waals surface area (Å²) in [5.41, 5.74) is 3.35. The monoisotopic (exact) mass is 334 g/mol. The van der Waals surface area contributed by atoms with E-state index in [0.29, 0.717) is 5.92 Å². The molecular weight excluding hydrogens is 312 g/mol. The van der Waals surface area contributed by atoms with E-state index in [9.17, 15) is 0 Å². The van der Waals surface area contributed by atoms with Crippen LogP contribution in [0.1, 0.15) is 56.3 Å². The Kier molecular flexibility index (Phi) is 2.68. The highest BCUT2D eigenvalue weighted by atomic mass is 16.5. The lowest BCUT2D eigenvalue weighted by atomic mass is 9.44. The zero-order valence-corrected chi connectivity index (χ0v) is 14.9. The summed E-state index contributed by atoms with van der Waals surface area (Å²) in [6.45, 7) is 6.93. The second-order valence-corrected chi connectivity index (χ2v) is 8.76. The van der Waals surface area contributed by atoms with Gasteiger partial charge in [-0.05, 0) is 48.7 Å². The third kappa shape index (κ3) is 1.69. The first kappa shape index (κ1) is 15.0. The van der Waals surface area contributed by atoms with E-state index < -0.39 is 0 Å². The van der Waals surface area contributed by atoms with Gasteiger partial charge in [-0.2, -0.15) is 0 Å². The van der Waals surface area contributed by atoms with Gasteiger partial charge in [-0.1, -0.05) is 37.0 Å². The van der Waals surface area contributed by atoms with Gasteiger partial charge in [0.05, 0.1) is 17.8 Å². The van der Waals surface area contributed by atoms with Crippen molar-refractivity contribution in [2.45, 2.75) is 51.9 Å². The third-order valence-corrected chi connectivity index (χ3v) is 7.14. The minimum atomic E-state index is -0.228. The van der Waals surface area contributed by atoms with Gasteiger partial charge in [0, 0.05) is 16.5 Å². The fourth-order valence-corrected chi connectivity index (χ4v) is 6.09. The molecule has 3 aliphatic rings. The molecule has 0 aliphatic heterocycles. The van der Waals surface area contributed by atoms with Gasteiger partial charge in [0.15, 0.2) is 5.76 Å². The molecular formula is C21H22N2O2. The Labute approximate surface area is 147 Å². The van der Waals surface area contributed by atoms with Crippen LogP contribution in [0.15, 0.2) is 27.0 Å². The number of hydrogen-bond donors (Lipinski definition) is 0. The van der Waals surface area contributed by atoms with Gasteiger partial charge in [-0.25, -0.2) is 0 Å². The van der Waals surface area contributed by atoms with Crippen LogP contribution in [0.2, 0.25) is 0 Å². The number of terminal acetylenes is 1. The fraction of sp³-hybridized carbons (Fsp3) is 0.524. The minimum Gasteiger partial charge on any atom is -0.361 e. The van der Waals surface area contributed by atoms with Gasteiger partial charge in [-0.3, -0.25) is 0 Å². The van der Waals surface area contributed by atoms with Crippen molar-refractivity contribution < 1.29 is 9.05 Å². The lowest BCUT2D eigenvalue weighted by Gasteiger charge is -2.58. The maximum Gasteiger partial charge on any atom is 0.162 e. The normalized spacial score (nSPS) is 34.8. The van der Waals surface area contributed by atoms with Crippen LogP contribution >= 0.6 is 0 Å². The second kappa shape index (κ2) is 4.46. The molecule has 1 fully saturated rings. The quantitative estimate of drug-likeness (QED) is 0.679. The molecule has 2 heterocycles. The molecule has 5 rings (SSSR count). The van der Waals surface area contributed by atoms with E-state index >= 15 is 0 Å². The Balaban J connectivity index is 1.75. The summed E-state index contributed by atoms with van der Waals surface area (Å²) in [7, 11) is 0. The Morgan fingerprint density at radius 2 is 1.88 bits per heavy atom. The molecule has 4 heteroatoms. The Hall–Kier alpha value is -2.28. The van der Waals surface area contributed by atoms with Crippen LogP contribution in [0.5, 0.6) is 0 Å². The molecule has 0 saturated heterocycles. The topological polar surface area (TPSA) is 52.1 Å². The van der Waals surface area contributed by atoms with Crippen molar-refractivity contribution in [3.05, 3.63) is 40.6 Å². The average molecular weight is 334 g/mol. The molecule has 25 heavy (non-hydrogen) atoms. The first-order chi connectivity index (χ1) is 11.9. The van der Waals surface area contributed by atoms with Crippen molar-refractivity contribution in [1.29, 1.82) is 0 Å². The van der Waals surface area contributed by atoms with Crippen LogP contribution in [-0.4, -0.2) is 10.3 Å². The summed E-state index contributed by atoms with van der Waals surface area (Å²) in [4.78, 5) is 0. The highest BCUT2D eigenvalue weighted by Gasteiger charge is 2.60. The zero-order chi connectivity index (χ0) is 17.4. The molecule has 0 spiro atoms. The Morgan fingerprint density at radius 1 is 1.12 bits per heavy atom. The number of aromatic nitrogens is 2. The van der Waals surface area contributed by atoms with Crippen LogP contribution in [0, 0.1) is 29.1 Å². The number of allylic oxidation sites excluding steroid dienone is 1. The Bertz CT molecular complexity index is 941. The molecule has 0 radical (unpaired) electrons. The van der Waals surface area contributed by atoms with Gasteiger partial charge < -0.3 is 9.05 Å². The van der Waals surface area contributed by atoms with E-state index in [4.69, 9.17) is 15.5 Å². The molecule has 1 unspecified atom stereocenters. The summed E-state index contributed by atoms with van der Waals surface area (Å²) in [6.07, 6.45) is 15.8. The van der Waals surface area contributed by atoms with E-state index in [0.717, 1.165) is 42.8 Å². The van der Waals surface area contributed by atoms with Crippen molar-refractivity contribution in [3.8, 4) is 12.3 Å². The fourth-order valence-electron chi connectivity index (χ4n) is 6.09. The summed E-state index contributed by atoms with van der Waals surface area (Å²) in [6, 6.07) is 0.